The zero-order valence-corrected chi connectivity index (χ0v) is 8.01. The van der Waals surface area contributed by atoms with Crippen molar-refractivity contribution >= 4 is 5.97 Å². The minimum Gasteiger partial charge on any atom is -0.468 e. The van der Waals surface area contributed by atoms with Crippen LogP contribution in [0.4, 0.5) is 0 Å². The van der Waals surface area contributed by atoms with Gasteiger partial charge < -0.3 is 4.74 Å². The van der Waals surface area contributed by atoms with E-state index in [-0.39, 0.29) is 12.4 Å². The maximum Gasteiger partial charge on any atom is 0.317 e. The number of rotatable bonds is 4. The van der Waals surface area contributed by atoms with Gasteiger partial charge in [0.1, 0.15) is 6.42 Å². The minimum atomic E-state index is -0.247. The van der Waals surface area contributed by atoms with Gasteiger partial charge in [-0.15, -0.1) is 5.92 Å². The van der Waals surface area contributed by atoms with Gasteiger partial charge in [0.05, 0.1) is 7.11 Å². The van der Waals surface area contributed by atoms with E-state index < -0.39 is 0 Å². The third-order valence-electron chi connectivity index (χ3n) is 2.03. The van der Waals surface area contributed by atoms with E-state index in [0.29, 0.717) is 0 Å². The summed E-state index contributed by atoms with van der Waals surface area (Å²) in [5.41, 5.74) is 0. The molecule has 13 heavy (non-hydrogen) atoms. The summed E-state index contributed by atoms with van der Waals surface area (Å²) in [6.45, 7) is 0. The maximum atomic E-state index is 10.6. The summed E-state index contributed by atoms with van der Waals surface area (Å²) in [5.74, 6) is 6.38. The quantitative estimate of drug-likeness (QED) is 0.374. The Bertz CT molecular complexity index is 218. The van der Waals surface area contributed by atoms with Gasteiger partial charge in [-0.05, 0) is 31.6 Å². The number of unbranched alkanes of at least 4 members (excludes halogenated alkanes) is 1. The zero-order valence-electron chi connectivity index (χ0n) is 8.01. The first kappa shape index (κ1) is 10.1. The first-order valence-electron chi connectivity index (χ1n) is 4.69. The van der Waals surface area contributed by atoms with Crippen molar-refractivity contribution < 1.29 is 9.53 Å². The fraction of sp³-hybridized carbons (Fsp3) is 0.636. The summed E-state index contributed by atoms with van der Waals surface area (Å²) in [7, 11) is 1.38. The van der Waals surface area contributed by atoms with Gasteiger partial charge in [-0.25, -0.2) is 0 Å². The standard InChI is InChI=1S/C11H15O2/c1-13-11(12)7-5-3-2-4-6-10-8-9-10/h8,10H,2,4,6-7,9H2,1H3. The van der Waals surface area contributed by atoms with Gasteiger partial charge >= 0.3 is 5.97 Å². The molecule has 1 saturated carbocycles. The summed E-state index contributed by atoms with van der Waals surface area (Å²) in [6, 6.07) is 0. The monoisotopic (exact) mass is 179 g/mol. The van der Waals surface area contributed by atoms with Gasteiger partial charge in [0.25, 0.3) is 0 Å². The molecule has 1 rings (SSSR count). The number of hydrogen-bond acceptors (Lipinski definition) is 2. The van der Waals surface area contributed by atoms with Crippen LogP contribution < -0.4 is 0 Å². The van der Waals surface area contributed by atoms with Crippen molar-refractivity contribution in [1.29, 1.82) is 0 Å². The summed E-state index contributed by atoms with van der Waals surface area (Å²) in [4.78, 5) is 10.6. The van der Waals surface area contributed by atoms with Crippen LogP contribution in [0.3, 0.4) is 0 Å². The molecular weight excluding hydrogens is 164 g/mol. The summed E-state index contributed by atoms with van der Waals surface area (Å²) in [6.07, 6.45) is 7.15. The summed E-state index contributed by atoms with van der Waals surface area (Å²) >= 11 is 0. The third kappa shape index (κ3) is 5.30. The largest absolute Gasteiger partial charge is 0.468 e. The van der Waals surface area contributed by atoms with Gasteiger partial charge in [0.15, 0.2) is 0 Å². The number of hydrogen-bond donors (Lipinski definition) is 0. The highest BCUT2D eigenvalue weighted by Gasteiger charge is 2.20. The lowest BCUT2D eigenvalue weighted by Gasteiger charge is -1.91. The molecule has 2 nitrogen and oxygen atoms in total. The molecule has 0 N–H and O–H groups in total. The van der Waals surface area contributed by atoms with Gasteiger partial charge in [-0.3, -0.25) is 4.79 Å². The van der Waals surface area contributed by atoms with Gasteiger partial charge in [-0.1, -0.05) is 5.92 Å². The van der Waals surface area contributed by atoms with Crippen LogP contribution in [0.1, 0.15) is 32.1 Å². The lowest BCUT2D eigenvalue weighted by Crippen LogP contribution is -1.96. The average Bonchev–Trinajstić information content (AvgIpc) is 2.94. The number of ether oxygens (including phenoxy) is 1. The first-order valence-corrected chi connectivity index (χ1v) is 4.69. The van der Waals surface area contributed by atoms with Crippen LogP contribution in [0.2, 0.25) is 0 Å². The van der Waals surface area contributed by atoms with E-state index in [1.54, 1.807) is 0 Å². The Kier molecular flexibility index (Phi) is 4.39. The number of methoxy groups -OCH3 is 1. The van der Waals surface area contributed by atoms with E-state index in [4.69, 9.17) is 0 Å². The first-order chi connectivity index (χ1) is 6.33. The van der Waals surface area contributed by atoms with Gasteiger partial charge in [0.2, 0.25) is 0 Å². The predicted octanol–water partition coefficient (Wildman–Crippen LogP) is 1.95. The Morgan fingerprint density at radius 3 is 3.00 bits per heavy atom. The summed E-state index contributed by atoms with van der Waals surface area (Å²) < 4.78 is 4.46. The van der Waals surface area contributed by atoms with Crippen LogP contribution in [0.25, 0.3) is 0 Å². The topological polar surface area (TPSA) is 26.3 Å². The van der Waals surface area contributed by atoms with Crippen LogP contribution >= 0.6 is 0 Å². The molecule has 0 aromatic heterocycles. The third-order valence-corrected chi connectivity index (χ3v) is 2.03. The highest BCUT2D eigenvalue weighted by Crippen LogP contribution is 2.32. The molecule has 1 unspecified atom stereocenters. The maximum absolute atomic E-state index is 10.6. The number of carbonyl (C=O) groups is 1. The molecule has 1 atom stereocenters. The van der Waals surface area contributed by atoms with Crippen molar-refractivity contribution in [1.82, 2.24) is 0 Å². The van der Waals surface area contributed by atoms with Crippen molar-refractivity contribution in [2.75, 3.05) is 7.11 Å². The van der Waals surface area contributed by atoms with E-state index >= 15 is 0 Å². The molecule has 0 aromatic rings. The van der Waals surface area contributed by atoms with Crippen molar-refractivity contribution in [2.24, 2.45) is 5.92 Å². The molecule has 0 aliphatic heterocycles. The Morgan fingerprint density at radius 2 is 2.38 bits per heavy atom. The molecule has 2 heteroatoms. The van der Waals surface area contributed by atoms with E-state index in [1.807, 2.05) is 0 Å². The van der Waals surface area contributed by atoms with E-state index in [0.717, 1.165) is 18.8 Å². The zero-order chi connectivity index (χ0) is 9.52. The molecule has 0 saturated heterocycles. The van der Waals surface area contributed by atoms with Crippen LogP contribution in [-0.2, 0) is 9.53 Å². The van der Waals surface area contributed by atoms with Crippen molar-refractivity contribution in [2.45, 2.75) is 32.1 Å². The van der Waals surface area contributed by atoms with Crippen molar-refractivity contribution in [3.8, 4) is 11.8 Å². The molecule has 1 aliphatic carbocycles. The molecule has 71 valence electrons. The van der Waals surface area contributed by atoms with Gasteiger partial charge in [0, 0.05) is 6.42 Å². The molecule has 0 amide bonds. The second-order valence-electron chi connectivity index (χ2n) is 3.23. The predicted molar refractivity (Wildman–Crippen MR) is 50.7 cm³/mol. The summed E-state index contributed by atoms with van der Waals surface area (Å²) in [5, 5.41) is 0. The highest BCUT2D eigenvalue weighted by atomic mass is 16.5. The molecule has 1 radical (unpaired) electrons. The Morgan fingerprint density at radius 1 is 1.62 bits per heavy atom. The molecule has 0 heterocycles. The highest BCUT2D eigenvalue weighted by molar-refractivity contribution is 5.72. The second-order valence-corrected chi connectivity index (χ2v) is 3.23. The van der Waals surface area contributed by atoms with Crippen molar-refractivity contribution in [3.05, 3.63) is 6.42 Å². The fourth-order valence-electron chi connectivity index (χ4n) is 1.08. The SMILES string of the molecule is COC(=O)CC#CCCCC1[CH]C1. The van der Waals surface area contributed by atoms with E-state index in [1.165, 1.54) is 20.0 Å². The van der Waals surface area contributed by atoms with Crippen LogP contribution in [-0.4, -0.2) is 13.1 Å². The van der Waals surface area contributed by atoms with Crippen LogP contribution in [0.5, 0.6) is 0 Å². The lowest BCUT2D eigenvalue weighted by molar-refractivity contribution is -0.139. The smallest absolute Gasteiger partial charge is 0.317 e. The molecule has 0 spiro atoms. The number of esters is 1. The molecule has 0 aromatic carbocycles. The van der Waals surface area contributed by atoms with Crippen LogP contribution in [0.15, 0.2) is 0 Å². The van der Waals surface area contributed by atoms with Crippen molar-refractivity contribution in [3.63, 3.8) is 0 Å². The van der Waals surface area contributed by atoms with Crippen LogP contribution in [0, 0.1) is 24.2 Å². The average molecular weight is 179 g/mol. The molecule has 0 bridgehead atoms. The van der Waals surface area contributed by atoms with E-state index in [2.05, 4.69) is 23.0 Å². The van der Waals surface area contributed by atoms with Gasteiger partial charge in [-0.2, -0.15) is 0 Å². The molecule has 1 aliphatic rings. The fourth-order valence-corrected chi connectivity index (χ4v) is 1.08. The minimum absolute atomic E-state index is 0.228. The normalized spacial score (nSPS) is 14.5. The second kappa shape index (κ2) is 5.64. The Balaban J connectivity index is 1.92. The van der Waals surface area contributed by atoms with E-state index in [9.17, 15) is 4.79 Å². The Labute approximate surface area is 79.7 Å². The lowest BCUT2D eigenvalue weighted by atomic mass is 10.2. The number of carbonyl (C=O) groups excluding carboxylic acids is 1. The Hall–Kier alpha value is -0.970. The molecular formula is C11H15O2. The molecule has 1 fully saturated rings.